The fourth-order valence-electron chi connectivity index (χ4n) is 5.46. The van der Waals surface area contributed by atoms with Gasteiger partial charge in [-0.05, 0) is 72.0 Å². The number of allylic oxidation sites excluding steroid dienone is 7. The molecule has 36 heavy (non-hydrogen) atoms. The molecule has 0 N–H and O–H groups in total. The second kappa shape index (κ2) is 9.85. The first-order valence-corrected chi connectivity index (χ1v) is 12.9. The largest absolute Gasteiger partial charge is 0.351 e. The number of anilines is 1. The van der Waals surface area contributed by atoms with E-state index >= 15 is 0 Å². The maximum absolute atomic E-state index is 4.45. The Morgan fingerprint density at radius 3 is 2.44 bits per heavy atom. The number of aryl methyl sites for hydroxylation is 2. The van der Waals surface area contributed by atoms with Gasteiger partial charge in [0.25, 0.3) is 0 Å². The average Bonchev–Trinajstić information content (AvgIpc) is 3.37. The van der Waals surface area contributed by atoms with Crippen molar-refractivity contribution in [1.29, 1.82) is 0 Å². The lowest BCUT2D eigenvalue weighted by Crippen LogP contribution is -2.25. The highest BCUT2D eigenvalue weighted by Crippen LogP contribution is 2.47. The van der Waals surface area contributed by atoms with Crippen molar-refractivity contribution in [3.8, 4) is 11.3 Å². The van der Waals surface area contributed by atoms with Crippen LogP contribution in [0.1, 0.15) is 51.3 Å². The van der Waals surface area contributed by atoms with Gasteiger partial charge < -0.3 is 9.47 Å². The monoisotopic (exact) mass is 476 g/mol. The van der Waals surface area contributed by atoms with E-state index < -0.39 is 0 Å². The molecule has 3 aromatic rings. The molecule has 2 nitrogen and oxygen atoms in total. The summed E-state index contributed by atoms with van der Waals surface area (Å²) in [6, 6.07) is 19.8. The lowest BCUT2D eigenvalue weighted by Gasteiger charge is -2.29. The Kier molecular flexibility index (Phi) is 7.00. The molecule has 0 atom stereocenters. The molecule has 0 saturated carbocycles. The van der Waals surface area contributed by atoms with E-state index in [-0.39, 0.29) is 10.8 Å². The predicted molar refractivity (Wildman–Crippen MR) is 157 cm³/mol. The molecule has 0 aliphatic carbocycles. The Hall–Kier alpha value is -3.52. The number of likely N-dealkylation sites (N-methyl/N-ethyl adjacent to an activating group) is 1. The molecule has 0 unspecified atom stereocenters. The molecule has 0 amide bonds. The normalized spacial score (nSPS) is 16.4. The zero-order chi connectivity index (χ0) is 26.1. The van der Waals surface area contributed by atoms with E-state index in [4.69, 9.17) is 0 Å². The van der Waals surface area contributed by atoms with Gasteiger partial charge in [-0.3, -0.25) is 0 Å². The summed E-state index contributed by atoms with van der Waals surface area (Å²) in [5.74, 6) is 0. The average molecular weight is 477 g/mol. The SMILES string of the molecule is C=C(/C=C/C=C/C=C1/N(CC)c2ccccc2C1(C)C)C(C)(C)c1cc(-c2cccn2C)ccc1C. The minimum absolute atomic E-state index is 0.00681. The molecule has 0 bridgehead atoms. The molecule has 0 fully saturated rings. The molecule has 0 spiro atoms. The van der Waals surface area contributed by atoms with Crippen molar-refractivity contribution in [1.82, 2.24) is 4.57 Å². The van der Waals surface area contributed by atoms with Crippen molar-refractivity contribution >= 4 is 5.69 Å². The topological polar surface area (TPSA) is 8.17 Å². The molecule has 4 rings (SSSR count). The first kappa shape index (κ1) is 25.6. The van der Waals surface area contributed by atoms with E-state index in [1.807, 2.05) is 0 Å². The smallest absolute Gasteiger partial charge is 0.0477 e. The highest BCUT2D eigenvalue weighted by Gasteiger charge is 2.38. The van der Waals surface area contributed by atoms with Gasteiger partial charge in [-0.1, -0.05) is 88.9 Å². The Labute approximate surface area is 218 Å². The van der Waals surface area contributed by atoms with Crippen LogP contribution in [-0.2, 0) is 17.9 Å². The second-order valence-corrected chi connectivity index (χ2v) is 10.9. The van der Waals surface area contributed by atoms with Gasteiger partial charge in [0.1, 0.15) is 0 Å². The maximum Gasteiger partial charge on any atom is 0.0477 e. The summed E-state index contributed by atoms with van der Waals surface area (Å²) in [5, 5.41) is 0. The molecule has 1 aromatic heterocycles. The summed E-state index contributed by atoms with van der Waals surface area (Å²) >= 11 is 0. The number of aromatic nitrogens is 1. The molecule has 1 aliphatic heterocycles. The van der Waals surface area contributed by atoms with E-state index in [9.17, 15) is 0 Å². The highest BCUT2D eigenvalue weighted by atomic mass is 15.2. The van der Waals surface area contributed by atoms with Crippen LogP contribution in [0.25, 0.3) is 11.3 Å². The highest BCUT2D eigenvalue weighted by molar-refractivity contribution is 5.70. The van der Waals surface area contributed by atoms with Crippen molar-refractivity contribution in [2.24, 2.45) is 7.05 Å². The van der Waals surface area contributed by atoms with Gasteiger partial charge in [-0.2, -0.15) is 0 Å². The molecule has 2 aromatic carbocycles. The summed E-state index contributed by atoms with van der Waals surface area (Å²) in [7, 11) is 2.09. The minimum Gasteiger partial charge on any atom is -0.351 e. The molecular formula is C34H40N2. The molecule has 1 aliphatic rings. The van der Waals surface area contributed by atoms with Crippen molar-refractivity contribution in [3.05, 3.63) is 126 Å². The van der Waals surface area contributed by atoms with Crippen LogP contribution in [0, 0.1) is 6.92 Å². The van der Waals surface area contributed by atoms with Gasteiger partial charge in [-0.25, -0.2) is 0 Å². The van der Waals surface area contributed by atoms with Crippen LogP contribution in [0.2, 0.25) is 0 Å². The summed E-state index contributed by atoms with van der Waals surface area (Å²) in [6.07, 6.45) is 12.9. The quantitative estimate of drug-likeness (QED) is 0.310. The fourth-order valence-corrected chi connectivity index (χ4v) is 5.46. The number of benzene rings is 2. The Bertz CT molecular complexity index is 1360. The molecule has 0 radical (unpaired) electrons. The van der Waals surface area contributed by atoms with Crippen LogP contribution in [0.5, 0.6) is 0 Å². The predicted octanol–water partition coefficient (Wildman–Crippen LogP) is 8.65. The van der Waals surface area contributed by atoms with E-state index in [2.05, 4.69) is 156 Å². The van der Waals surface area contributed by atoms with Gasteiger partial charge >= 0.3 is 0 Å². The third-order valence-electron chi connectivity index (χ3n) is 7.84. The zero-order valence-corrected chi connectivity index (χ0v) is 23.0. The first-order valence-electron chi connectivity index (χ1n) is 12.9. The number of hydrogen-bond donors (Lipinski definition) is 0. The molecular weight excluding hydrogens is 436 g/mol. The summed E-state index contributed by atoms with van der Waals surface area (Å²) < 4.78 is 2.17. The molecule has 186 valence electrons. The van der Waals surface area contributed by atoms with Crippen LogP contribution in [-0.4, -0.2) is 11.1 Å². The summed E-state index contributed by atoms with van der Waals surface area (Å²) in [5.41, 5.74) is 10.0. The van der Waals surface area contributed by atoms with Gasteiger partial charge in [0.05, 0.1) is 0 Å². The van der Waals surface area contributed by atoms with Crippen LogP contribution < -0.4 is 4.90 Å². The van der Waals surface area contributed by atoms with Crippen LogP contribution >= 0.6 is 0 Å². The number of rotatable bonds is 7. The Balaban J connectivity index is 1.53. The summed E-state index contributed by atoms with van der Waals surface area (Å²) in [6.45, 7) is 19.0. The van der Waals surface area contributed by atoms with E-state index in [1.54, 1.807) is 0 Å². The first-order chi connectivity index (χ1) is 17.1. The van der Waals surface area contributed by atoms with Gasteiger partial charge in [-0.15, -0.1) is 0 Å². The second-order valence-electron chi connectivity index (χ2n) is 10.9. The van der Waals surface area contributed by atoms with Gasteiger partial charge in [0.2, 0.25) is 0 Å². The van der Waals surface area contributed by atoms with Gasteiger partial charge in [0.15, 0.2) is 0 Å². The molecule has 2 heterocycles. The van der Waals surface area contributed by atoms with Crippen molar-refractivity contribution in [2.75, 3.05) is 11.4 Å². The summed E-state index contributed by atoms with van der Waals surface area (Å²) in [4.78, 5) is 2.42. The Morgan fingerprint density at radius 1 is 1.00 bits per heavy atom. The van der Waals surface area contributed by atoms with E-state index in [0.29, 0.717) is 0 Å². The lowest BCUT2D eigenvalue weighted by molar-refractivity contribution is 0.634. The number of para-hydroxylation sites is 1. The zero-order valence-electron chi connectivity index (χ0n) is 23.0. The fraction of sp³-hybridized carbons (Fsp3) is 0.294. The number of nitrogens with zero attached hydrogens (tertiary/aromatic N) is 2. The van der Waals surface area contributed by atoms with E-state index in [0.717, 1.165) is 12.1 Å². The van der Waals surface area contributed by atoms with E-state index in [1.165, 1.54) is 39.3 Å². The van der Waals surface area contributed by atoms with Crippen LogP contribution in [0.15, 0.2) is 109 Å². The van der Waals surface area contributed by atoms with Crippen LogP contribution in [0.4, 0.5) is 5.69 Å². The minimum atomic E-state index is -0.178. The molecule has 2 heteroatoms. The van der Waals surface area contributed by atoms with Crippen molar-refractivity contribution in [3.63, 3.8) is 0 Å². The standard InChI is InChI=1S/C34H40N2/c1-9-36-31-18-14-13-17-28(31)34(6,7)32(36)20-12-10-11-16-26(3)33(4,5)29-24-27(22-21-25(29)2)30-19-15-23-35(30)8/h10-24H,3,9H2,1-2,4-8H3/b12-10+,16-11+,32-20+. The Morgan fingerprint density at radius 2 is 1.75 bits per heavy atom. The number of hydrogen-bond acceptors (Lipinski definition) is 1. The van der Waals surface area contributed by atoms with Crippen molar-refractivity contribution < 1.29 is 0 Å². The lowest BCUT2D eigenvalue weighted by atomic mass is 9.75. The van der Waals surface area contributed by atoms with Crippen molar-refractivity contribution in [2.45, 2.75) is 52.4 Å². The molecule has 0 saturated heterocycles. The van der Waals surface area contributed by atoms with Crippen LogP contribution in [0.3, 0.4) is 0 Å². The number of fused-ring (bicyclic) bond motifs is 1. The van der Waals surface area contributed by atoms with Gasteiger partial charge in [0, 0.05) is 47.7 Å². The maximum atomic E-state index is 4.45. The third kappa shape index (κ3) is 4.53. The third-order valence-corrected chi connectivity index (χ3v) is 7.84.